The molecule has 0 saturated carbocycles. The molecule has 1 fully saturated rings. The van der Waals surface area contributed by atoms with Crippen LogP contribution in [0, 0.1) is 5.41 Å². The van der Waals surface area contributed by atoms with Gasteiger partial charge in [-0.1, -0.05) is 13.8 Å². The van der Waals surface area contributed by atoms with Crippen LogP contribution < -0.4 is 5.32 Å². The molecule has 1 heterocycles. The van der Waals surface area contributed by atoms with Crippen LogP contribution in [0.1, 0.15) is 46.0 Å². The number of nitrogens with one attached hydrogen (secondary N) is 1. The van der Waals surface area contributed by atoms with Crippen molar-refractivity contribution in [2.45, 2.75) is 52.0 Å². The molecule has 0 spiro atoms. The van der Waals surface area contributed by atoms with E-state index in [9.17, 15) is 14.7 Å². The molecule has 1 saturated heterocycles. The molecule has 1 rings (SSSR count). The number of rotatable bonds is 6. The van der Waals surface area contributed by atoms with Gasteiger partial charge < -0.3 is 20.1 Å². The summed E-state index contributed by atoms with van der Waals surface area (Å²) >= 11 is 0. The van der Waals surface area contributed by atoms with Crippen molar-refractivity contribution in [3.63, 3.8) is 0 Å². The first-order valence-electron chi connectivity index (χ1n) is 7.63. The molecule has 0 bridgehead atoms. The molecule has 6 nitrogen and oxygen atoms in total. The number of amides is 2. The molecule has 21 heavy (non-hydrogen) atoms. The Kier molecular flexibility index (Phi) is 6.95. The van der Waals surface area contributed by atoms with Crippen LogP contribution in [0.3, 0.4) is 0 Å². The van der Waals surface area contributed by atoms with Crippen LogP contribution in [0.5, 0.6) is 0 Å². The highest BCUT2D eigenvalue weighted by Gasteiger charge is 2.27. The topological polar surface area (TPSA) is 78.9 Å². The van der Waals surface area contributed by atoms with Crippen molar-refractivity contribution in [2.24, 2.45) is 5.41 Å². The number of hydrogen-bond donors (Lipinski definition) is 2. The maximum atomic E-state index is 12.2. The van der Waals surface area contributed by atoms with Crippen LogP contribution in [0.2, 0.25) is 0 Å². The average molecular weight is 300 g/mol. The normalized spacial score (nSPS) is 19.7. The van der Waals surface area contributed by atoms with Crippen LogP contribution in [-0.4, -0.2) is 54.9 Å². The Morgan fingerprint density at radius 2 is 2.05 bits per heavy atom. The summed E-state index contributed by atoms with van der Waals surface area (Å²) in [6, 6.07) is -1.11. The van der Waals surface area contributed by atoms with Crippen LogP contribution in [-0.2, 0) is 9.53 Å². The Hall–Kier alpha value is -1.30. The molecular formula is C15H28N2O4. The first-order chi connectivity index (χ1) is 9.85. The second kappa shape index (κ2) is 8.22. The van der Waals surface area contributed by atoms with Crippen LogP contribution >= 0.6 is 0 Å². The molecule has 0 radical (unpaired) electrons. The molecule has 2 N–H and O–H groups in total. The first kappa shape index (κ1) is 17.8. The van der Waals surface area contributed by atoms with Crippen molar-refractivity contribution in [1.82, 2.24) is 10.2 Å². The number of aliphatic carboxylic acids is 1. The predicted octanol–water partition coefficient (Wildman–Crippen LogP) is 2.09. The van der Waals surface area contributed by atoms with Gasteiger partial charge in [-0.05, 0) is 37.5 Å². The molecule has 2 amide bonds. The van der Waals surface area contributed by atoms with Gasteiger partial charge in [-0.3, -0.25) is 0 Å². The number of likely N-dealkylation sites (tertiary alicyclic amines) is 1. The van der Waals surface area contributed by atoms with Crippen molar-refractivity contribution in [2.75, 3.05) is 26.8 Å². The van der Waals surface area contributed by atoms with Crippen LogP contribution in [0.4, 0.5) is 4.79 Å². The van der Waals surface area contributed by atoms with E-state index in [4.69, 9.17) is 4.74 Å². The number of hydrogen-bond acceptors (Lipinski definition) is 3. The fourth-order valence-electron chi connectivity index (χ4n) is 2.56. The van der Waals surface area contributed by atoms with Gasteiger partial charge in [0, 0.05) is 26.8 Å². The molecule has 0 aromatic rings. The third-order valence-electron chi connectivity index (χ3n) is 4.06. The van der Waals surface area contributed by atoms with Crippen molar-refractivity contribution in [1.29, 1.82) is 0 Å². The molecule has 1 aliphatic heterocycles. The predicted molar refractivity (Wildman–Crippen MR) is 80.3 cm³/mol. The lowest BCUT2D eigenvalue weighted by Gasteiger charge is -2.25. The number of nitrogens with zero attached hydrogens (tertiary/aromatic N) is 1. The number of carbonyl (C=O) groups excluding carboxylic acids is 1. The summed E-state index contributed by atoms with van der Waals surface area (Å²) in [5, 5.41) is 11.8. The minimum absolute atomic E-state index is 0.250. The summed E-state index contributed by atoms with van der Waals surface area (Å²) in [6.07, 6.45) is 3.99. The number of methoxy groups -OCH3 is 1. The zero-order valence-electron chi connectivity index (χ0n) is 13.4. The van der Waals surface area contributed by atoms with Gasteiger partial charge in [-0.25, -0.2) is 9.59 Å². The summed E-state index contributed by atoms with van der Waals surface area (Å²) in [6.45, 7) is 6.29. The van der Waals surface area contributed by atoms with Gasteiger partial charge in [0.1, 0.15) is 6.04 Å². The van der Waals surface area contributed by atoms with E-state index in [0.717, 1.165) is 19.3 Å². The van der Waals surface area contributed by atoms with Gasteiger partial charge in [0.05, 0.1) is 0 Å². The maximum absolute atomic E-state index is 12.2. The summed E-state index contributed by atoms with van der Waals surface area (Å²) < 4.78 is 4.92. The highest BCUT2D eigenvalue weighted by atomic mass is 16.5. The molecule has 0 aromatic heterocycles. The molecule has 1 atom stereocenters. The highest BCUT2D eigenvalue weighted by molar-refractivity contribution is 5.82. The van der Waals surface area contributed by atoms with E-state index in [1.54, 1.807) is 12.0 Å². The van der Waals surface area contributed by atoms with Gasteiger partial charge in [-0.2, -0.15) is 0 Å². The standard InChI is InChI=1S/C15H28N2O4/c1-15(2)7-5-9-17(10-8-15)14(20)16-12(13(18)19)6-4-11-21-3/h12H,4-11H2,1-3H3,(H,16,20)(H,18,19). The highest BCUT2D eigenvalue weighted by Crippen LogP contribution is 2.29. The minimum atomic E-state index is -0.991. The van der Waals surface area contributed by atoms with Gasteiger partial charge in [0.15, 0.2) is 0 Å². The molecule has 122 valence electrons. The monoisotopic (exact) mass is 300 g/mol. The number of carbonyl (C=O) groups is 2. The fraction of sp³-hybridized carbons (Fsp3) is 0.867. The second-order valence-corrected chi connectivity index (χ2v) is 6.48. The lowest BCUT2D eigenvalue weighted by atomic mass is 9.85. The average Bonchev–Trinajstić information content (AvgIpc) is 2.58. The van der Waals surface area contributed by atoms with Crippen molar-refractivity contribution in [3.05, 3.63) is 0 Å². The van der Waals surface area contributed by atoms with E-state index in [1.165, 1.54) is 0 Å². The third kappa shape index (κ3) is 6.33. The van der Waals surface area contributed by atoms with Gasteiger partial charge in [0.25, 0.3) is 0 Å². The van der Waals surface area contributed by atoms with Gasteiger partial charge in [-0.15, -0.1) is 0 Å². The van der Waals surface area contributed by atoms with Crippen molar-refractivity contribution < 1.29 is 19.4 Å². The van der Waals surface area contributed by atoms with E-state index in [-0.39, 0.29) is 11.4 Å². The quantitative estimate of drug-likeness (QED) is 0.736. The number of ether oxygens (including phenoxy) is 1. The largest absolute Gasteiger partial charge is 0.480 e. The summed E-state index contributed by atoms with van der Waals surface area (Å²) in [7, 11) is 1.58. The molecule has 1 aliphatic rings. The molecule has 0 aliphatic carbocycles. The zero-order chi connectivity index (χ0) is 15.9. The fourth-order valence-corrected chi connectivity index (χ4v) is 2.56. The molecule has 6 heteroatoms. The third-order valence-corrected chi connectivity index (χ3v) is 4.06. The number of urea groups is 1. The zero-order valence-corrected chi connectivity index (χ0v) is 13.4. The summed E-state index contributed by atoms with van der Waals surface area (Å²) in [4.78, 5) is 25.2. The van der Waals surface area contributed by atoms with E-state index < -0.39 is 12.0 Å². The molecule has 1 unspecified atom stereocenters. The lowest BCUT2D eigenvalue weighted by Crippen LogP contribution is -2.48. The maximum Gasteiger partial charge on any atom is 0.326 e. The summed E-state index contributed by atoms with van der Waals surface area (Å²) in [5.74, 6) is -0.991. The Labute approximate surface area is 126 Å². The van der Waals surface area contributed by atoms with E-state index >= 15 is 0 Å². The van der Waals surface area contributed by atoms with Gasteiger partial charge >= 0.3 is 12.0 Å². The Morgan fingerprint density at radius 3 is 2.67 bits per heavy atom. The van der Waals surface area contributed by atoms with E-state index in [0.29, 0.717) is 32.5 Å². The second-order valence-electron chi connectivity index (χ2n) is 6.48. The number of carboxylic acid groups (broad SMARTS) is 1. The van der Waals surface area contributed by atoms with Crippen LogP contribution in [0.15, 0.2) is 0 Å². The Bertz CT molecular complexity index is 358. The smallest absolute Gasteiger partial charge is 0.326 e. The minimum Gasteiger partial charge on any atom is -0.480 e. The number of carboxylic acids is 1. The van der Waals surface area contributed by atoms with Crippen molar-refractivity contribution in [3.8, 4) is 0 Å². The molecule has 0 aromatic carbocycles. The Morgan fingerprint density at radius 1 is 1.33 bits per heavy atom. The van der Waals surface area contributed by atoms with Crippen LogP contribution in [0.25, 0.3) is 0 Å². The van der Waals surface area contributed by atoms with E-state index in [1.807, 2.05) is 0 Å². The summed E-state index contributed by atoms with van der Waals surface area (Å²) in [5.41, 5.74) is 0.250. The van der Waals surface area contributed by atoms with Gasteiger partial charge in [0.2, 0.25) is 0 Å². The molecular weight excluding hydrogens is 272 g/mol. The van der Waals surface area contributed by atoms with Crippen molar-refractivity contribution >= 4 is 12.0 Å². The SMILES string of the molecule is COCCCC(NC(=O)N1CCCC(C)(C)CC1)C(=O)O. The Balaban J connectivity index is 2.50. The lowest BCUT2D eigenvalue weighted by molar-refractivity contribution is -0.139. The first-order valence-corrected chi connectivity index (χ1v) is 7.63. The van der Waals surface area contributed by atoms with E-state index in [2.05, 4.69) is 19.2 Å².